The molecule has 3 aliphatic rings. The van der Waals surface area contributed by atoms with E-state index in [9.17, 15) is 9.59 Å². The molecule has 0 N–H and O–H groups in total. The molecular weight excluding hydrogens is 412 g/mol. The fourth-order valence-corrected chi connectivity index (χ4v) is 5.54. The third kappa shape index (κ3) is 4.44. The van der Waals surface area contributed by atoms with Crippen LogP contribution in [0.5, 0.6) is 0 Å². The fraction of sp³-hybridized carbons (Fsp3) is 0.444. The third-order valence-electron chi connectivity index (χ3n) is 7.43. The molecule has 3 heterocycles. The van der Waals surface area contributed by atoms with Gasteiger partial charge < -0.3 is 9.80 Å². The van der Waals surface area contributed by atoms with Crippen LogP contribution < -0.4 is 0 Å². The van der Waals surface area contributed by atoms with Gasteiger partial charge in [-0.25, -0.2) is 4.79 Å². The highest BCUT2D eigenvalue weighted by Crippen LogP contribution is 2.39. The molecule has 0 saturated carbocycles. The highest BCUT2D eigenvalue weighted by Gasteiger charge is 2.57. The summed E-state index contributed by atoms with van der Waals surface area (Å²) in [6, 6.07) is 15.4. The highest BCUT2D eigenvalue weighted by molar-refractivity contribution is 6.07. The van der Waals surface area contributed by atoms with Gasteiger partial charge in [0.1, 0.15) is 5.54 Å². The van der Waals surface area contributed by atoms with Crippen molar-refractivity contribution in [3.8, 4) is 0 Å². The topological polar surface area (TPSA) is 56.8 Å². The lowest BCUT2D eigenvalue weighted by atomic mass is 9.84. The van der Waals surface area contributed by atoms with E-state index in [1.54, 1.807) is 6.20 Å². The van der Waals surface area contributed by atoms with Gasteiger partial charge in [0, 0.05) is 32.4 Å². The second-order valence-corrected chi connectivity index (χ2v) is 9.55. The minimum Gasteiger partial charge on any atom is -0.305 e. The average molecular weight is 445 g/mol. The monoisotopic (exact) mass is 444 g/mol. The molecule has 3 amide bonds. The molecule has 2 fully saturated rings. The zero-order valence-electron chi connectivity index (χ0n) is 19.1. The summed E-state index contributed by atoms with van der Waals surface area (Å²) in [5, 5.41) is 0. The number of imide groups is 1. The number of amides is 3. The van der Waals surface area contributed by atoms with Crippen LogP contribution in [0.2, 0.25) is 0 Å². The molecule has 2 aliphatic heterocycles. The molecule has 172 valence electrons. The van der Waals surface area contributed by atoms with Gasteiger partial charge >= 0.3 is 6.03 Å². The molecule has 5 rings (SSSR count). The van der Waals surface area contributed by atoms with Crippen LogP contribution in [-0.4, -0.2) is 56.8 Å². The lowest BCUT2D eigenvalue weighted by Gasteiger charge is -2.43. The number of pyridine rings is 1. The van der Waals surface area contributed by atoms with Crippen molar-refractivity contribution in [3.05, 3.63) is 78.1 Å². The Morgan fingerprint density at radius 3 is 2.42 bits per heavy atom. The van der Waals surface area contributed by atoms with Crippen LogP contribution >= 0.6 is 0 Å². The Morgan fingerprint density at radius 2 is 1.73 bits per heavy atom. The Hall–Kier alpha value is -2.99. The van der Waals surface area contributed by atoms with Crippen molar-refractivity contribution in [1.29, 1.82) is 0 Å². The largest absolute Gasteiger partial charge is 0.328 e. The van der Waals surface area contributed by atoms with E-state index >= 15 is 0 Å². The number of hydrogen-bond donors (Lipinski definition) is 0. The lowest BCUT2D eigenvalue weighted by molar-refractivity contribution is -0.136. The van der Waals surface area contributed by atoms with E-state index in [2.05, 4.69) is 22.0 Å². The molecule has 0 unspecified atom stereocenters. The Morgan fingerprint density at radius 1 is 0.939 bits per heavy atom. The molecule has 1 spiro atoms. The normalized spacial score (nSPS) is 23.0. The van der Waals surface area contributed by atoms with E-state index < -0.39 is 5.54 Å². The zero-order chi connectivity index (χ0) is 22.7. The van der Waals surface area contributed by atoms with Gasteiger partial charge in [0.15, 0.2) is 0 Å². The summed E-state index contributed by atoms with van der Waals surface area (Å²) in [4.78, 5) is 37.5. The van der Waals surface area contributed by atoms with Gasteiger partial charge in [-0.3, -0.25) is 14.7 Å². The molecule has 1 aromatic heterocycles. The summed E-state index contributed by atoms with van der Waals surface area (Å²) in [6.07, 6.45) is 11.2. The Balaban J connectivity index is 1.36. The number of urea groups is 1. The van der Waals surface area contributed by atoms with Gasteiger partial charge in [0.25, 0.3) is 5.91 Å². The summed E-state index contributed by atoms with van der Waals surface area (Å²) < 4.78 is 0. The summed E-state index contributed by atoms with van der Waals surface area (Å²) in [7, 11) is 0. The van der Waals surface area contributed by atoms with Crippen LogP contribution in [0, 0.1) is 5.92 Å². The summed E-state index contributed by atoms with van der Waals surface area (Å²) in [6.45, 7) is 3.46. The first-order chi connectivity index (χ1) is 16.2. The van der Waals surface area contributed by atoms with Gasteiger partial charge in [-0.1, -0.05) is 48.6 Å². The first kappa shape index (κ1) is 21.8. The van der Waals surface area contributed by atoms with Crippen molar-refractivity contribution in [2.45, 2.75) is 50.7 Å². The van der Waals surface area contributed by atoms with Gasteiger partial charge in [0.2, 0.25) is 0 Å². The lowest BCUT2D eigenvalue weighted by Crippen LogP contribution is -2.56. The zero-order valence-corrected chi connectivity index (χ0v) is 19.1. The highest BCUT2D eigenvalue weighted by atomic mass is 16.2. The molecule has 6 heteroatoms. The summed E-state index contributed by atoms with van der Waals surface area (Å²) in [5.41, 5.74) is 1.03. The van der Waals surface area contributed by atoms with Crippen LogP contribution in [0.25, 0.3) is 0 Å². The SMILES string of the molecule is O=C1N(Cc2ccccn2)C(=O)C2(CCN(C[C@H]3CC=CCC3)CC2)N1Cc1ccccc1. The van der Waals surface area contributed by atoms with Crippen LogP contribution in [0.15, 0.2) is 66.9 Å². The number of benzene rings is 1. The van der Waals surface area contributed by atoms with Crippen molar-refractivity contribution in [2.24, 2.45) is 5.92 Å². The van der Waals surface area contributed by atoms with E-state index in [0.717, 1.165) is 37.3 Å². The molecule has 1 atom stereocenters. The first-order valence-electron chi connectivity index (χ1n) is 12.1. The maximum atomic E-state index is 13.8. The molecule has 2 saturated heterocycles. The smallest absolute Gasteiger partial charge is 0.305 e. The maximum absolute atomic E-state index is 13.8. The minimum absolute atomic E-state index is 0.0608. The number of piperidine rings is 1. The quantitative estimate of drug-likeness (QED) is 0.494. The summed E-state index contributed by atoms with van der Waals surface area (Å²) in [5.74, 6) is 0.639. The van der Waals surface area contributed by atoms with Gasteiger partial charge in [-0.2, -0.15) is 0 Å². The molecule has 0 radical (unpaired) electrons. The number of carbonyl (C=O) groups is 2. The van der Waals surface area contributed by atoms with Crippen molar-refractivity contribution >= 4 is 11.9 Å². The Kier molecular flexibility index (Phi) is 6.27. The number of likely N-dealkylation sites (tertiary alicyclic amines) is 1. The molecule has 2 aromatic rings. The molecule has 1 aliphatic carbocycles. The number of carbonyl (C=O) groups excluding carboxylic acids is 2. The minimum atomic E-state index is -0.759. The van der Waals surface area contributed by atoms with Crippen molar-refractivity contribution in [1.82, 2.24) is 19.7 Å². The molecule has 33 heavy (non-hydrogen) atoms. The van der Waals surface area contributed by atoms with Crippen molar-refractivity contribution < 1.29 is 9.59 Å². The second kappa shape index (κ2) is 9.48. The van der Waals surface area contributed by atoms with Crippen LogP contribution in [0.4, 0.5) is 4.79 Å². The second-order valence-electron chi connectivity index (χ2n) is 9.55. The number of aromatic nitrogens is 1. The third-order valence-corrected chi connectivity index (χ3v) is 7.43. The number of allylic oxidation sites excluding steroid dienone is 2. The van der Waals surface area contributed by atoms with Crippen LogP contribution in [0.3, 0.4) is 0 Å². The molecular formula is C27H32N4O2. The average Bonchev–Trinajstić information content (AvgIpc) is 3.04. The van der Waals surface area contributed by atoms with Gasteiger partial charge in [0.05, 0.1) is 12.2 Å². The number of rotatable bonds is 6. The standard InChI is InChI=1S/C27H32N4O2/c32-25-27(14-17-29(18-15-27)19-22-9-3-1-4-10-22)31(20-23-11-5-2-6-12-23)26(33)30(25)21-24-13-7-8-16-28-24/h1-3,5-8,11-13,16,22H,4,9-10,14-15,17-21H2/t22-/m0/s1. The first-order valence-corrected chi connectivity index (χ1v) is 12.1. The van der Waals surface area contributed by atoms with E-state index in [1.807, 2.05) is 53.4 Å². The van der Waals surface area contributed by atoms with Crippen molar-refractivity contribution in [3.63, 3.8) is 0 Å². The summed E-state index contributed by atoms with van der Waals surface area (Å²) >= 11 is 0. The predicted octanol–water partition coefficient (Wildman–Crippen LogP) is 4.24. The van der Waals surface area contributed by atoms with Gasteiger partial charge in [-0.05, 0) is 55.7 Å². The van der Waals surface area contributed by atoms with E-state index in [4.69, 9.17) is 0 Å². The number of nitrogens with zero attached hydrogens (tertiary/aromatic N) is 4. The fourth-order valence-electron chi connectivity index (χ4n) is 5.54. The predicted molar refractivity (Wildman–Crippen MR) is 127 cm³/mol. The van der Waals surface area contributed by atoms with E-state index in [0.29, 0.717) is 25.3 Å². The maximum Gasteiger partial charge on any atom is 0.328 e. The van der Waals surface area contributed by atoms with E-state index in [1.165, 1.54) is 17.7 Å². The Labute approximate surface area is 195 Å². The van der Waals surface area contributed by atoms with Gasteiger partial charge in [-0.15, -0.1) is 0 Å². The molecule has 1 aromatic carbocycles. The van der Waals surface area contributed by atoms with Crippen LogP contribution in [-0.2, 0) is 17.9 Å². The van der Waals surface area contributed by atoms with Crippen molar-refractivity contribution in [2.75, 3.05) is 19.6 Å². The number of hydrogen-bond acceptors (Lipinski definition) is 4. The van der Waals surface area contributed by atoms with E-state index in [-0.39, 0.29) is 18.5 Å². The molecule has 6 nitrogen and oxygen atoms in total. The Bertz CT molecular complexity index is 999. The molecule has 0 bridgehead atoms. The van der Waals surface area contributed by atoms with Crippen LogP contribution in [0.1, 0.15) is 43.4 Å².